The van der Waals surface area contributed by atoms with E-state index in [1.54, 1.807) is 12.1 Å². The molecule has 0 saturated carbocycles. The zero-order valence-electron chi connectivity index (χ0n) is 17.0. The lowest BCUT2D eigenvalue weighted by Gasteiger charge is -2.26. The van der Waals surface area contributed by atoms with Crippen LogP contribution in [0.15, 0.2) is 48.5 Å². The molecule has 2 aromatic carbocycles. The van der Waals surface area contributed by atoms with Gasteiger partial charge in [0.2, 0.25) is 5.91 Å². The molecule has 2 heterocycles. The zero-order chi connectivity index (χ0) is 20.2. The average Bonchev–Trinajstić information content (AvgIpc) is 3.26. The number of aryl methyl sites for hydroxylation is 1. The maximum Gasteiger partial charge on any atom is 0.238 e. The van der Waals surface area contributed by atoms with Crippen molar-refractivity contribution < 1.29 is 9.90 Å². The molecule has 29 heavy (non-hydrogen) atoms. The molecule has 0 atom stereocenters. The zero-order valence-corrected chi connectivity index (χ0v) is 17.0. The fourth-order valence-corrected chi connectivity index (χ4v) is 4.15. The second-order valence-corrected chi connectivity index (χ2v) is 8.00. The summed E-state index contributed by atoms with van der Waals surface area (Å²) in [6.45, 7) is 6.32. The number of benzene rings is 2. The van der Waals surface area contributed by atoms with Gasteiger partial charge in [0.15, 0.2) is 0 Å². The van der Waals surface area contributed by atoms with Gasteiger partial charge in [-0.15, -0.1) is 0 Å². The summed E-state index contributed by atoms with van der Waals surface area (Å²) < 4.78 is 0. The van der Waals surface area contributed by atoms with Crippen LogP contribution in [0.5, 0.6) is 5.75 Å². The van der Waals surface area contributed by atoms with Gasteiger partial charge in [-0.25, -0.2) is 0 Å². The van der Waals surface area contributed by atoms with E-state index in [0.717, 1.165) is 49.4 Å². The van der Waals surface area contributed by atoms with Crippen LogP contribution in [0.4, 0.5) is 11.4 Å². The second kappa shape index (κ2) is 8.70. The predicted octanol–water partition coefficient (Wildman–Crippen LogP) is 4.03. The number of carbonyl (C=O) groups excluding carboxylic acids is 1. The Hall–Kier alpha value is -2.79. The lowest BCUT2D eigenvalue weighted by atomic mass is 9.99. The summed E-state index contributed by atoms with van der Waals surface area (Å²) in [4.78, 5) is 17.1. The average molecular weight is 392 g/mol. The third-order valence-corrected chi connectivity index (χ3v) is 5.85. The first-order valence-corrected chi connectivity index (χ1v) is 10.4. The number of rotatable bonds is 5. The van der Waals surface area contributed by atoms with Gasteiger partial charge in [-0.05, 0) is 73.2 Å². The normalized spacial score (nSPS) is 17.3. The molecule has 152 valence electrons. The number of phenolic OH excluding ortho intramolecular Hbond substituents is 1. The molecule has 0 radical (unpaired) electrons. The van der Waals surface area contributed by atoms with E-state index in [2.05, 4.69) is 40.2 Å². The highest BCUT2D eigenvalue weighted by molar-refractivity contribution is 5.93. The molecule has 1 saturated heterocycles. The Labute approximate surface area is 172 Å². The van der Waals surface area contributed by atoms with Crippen molar-refractivity contribution in [2.24, 2.45) is 0 Å². The first-order chi connectivity index (χ1) is 14.1. The molecule has 2 aliphatic heterocycles. The van der Waals surface area contributed by atoms with Crippen molar-refractivity contribution in [2.75, 3.05) is 42.9 Å². The molecular formula is C24H29N3O2. The molecule has 5 nitrogen and oxygen atoms in total. The Morgan fingerprint density at radius 1 is 1.07 bits per heavy atom. The summed E-state index contributed by atoms with van der Waals surface area (Å²) in [5.41, 5.74) is 5.67. The van der Waals surface area contributed by atoms with Crippen molar-refractivity contribution in [1.29, 1.82) is 0 Å². The van der Waals surface area contributed by atoms with Crippen LogP contribution >= 0.6 is 0 Å². The molecule has 0 bridgehead atoms. The molecule has 0 unspecified atom stereocenters. The van der Waals surface area contributed by atoms with Crippen LogP contribution < -0.4 is 10.2 Å². The van der Waals surface area contributed by atoms with Crippen molar-refractivity contribution in [3.8, 4) is 5.75 Å². The molecule has 2 N–H and O–H groups in total. The van der Waals surface area contributed by atoms with Gasteiger partial charge < -0.3 is 15.3 Å². The van der Waals surface area contributed by atoms with Crippen molar-refractivity contribution >= 4 is 22.9 Å². The fourth-order valence-electron chi connectivity index (χ4n) is 4.15. The Morgan fingerprint density at radius 3 is 2.48 bits per heavy atom. The molecule has 0 spiro atoms. The van der Waals surface area contributed by atoms with Gasteiger partial charge in [0.05, 0.1) is 6.54 Å². The molecule has 4 rings (SSSR count). The van der Waals surface area contributed by atoms with Crippen molar-refractivity contribution in [3.63, 3.8) is 0 Å². The van der Waals surface area contributed by atoms with E-state index in [4.69, 9.17) is 0 Å². The number of nitrogens with one attached hydrogen (secondary N) is 1. The predicted molar refractivity (Wildman–Crippen MR) is 118 cm³/mol. The molecule has 1 amide bonds. The second-order valence-electron chi connectivity index (χ2n) is 8.00. The van der Waals surface area contributed by atoms with E-state index in [9.17, 15) is 9.90 Å². The lowest BCUT2D eigenvalue weighted by Crippen LogP contribution is -2.36. The SMILES string of the molecule is Cc1cc(N2CCCC2)ccc1NC(=O)CN1CC=C(c2ccc(O)cc2)CC1. The van der Waals surface area contributed by atoms with Crippen LogP contribution in [0.1, 0.15) is 30.4 Å². The third kappa shape index (κ3) is 4.80. The first kappa shape index (κ1) is 19.5. The van der Waals surface area contributed by atoms with E-state index < -0.39 is 0 Å². The summed E-state index contributed by atoms with van der Waals surface area (Å²) in [5.74, 6) is 0.315. The summed E-state index contributed by atoms with van der Waals surface area (Å²) in [5, 5.41) is 12.5. The largest absolute Gasteiger partial charge is 0.508 e. The summed E-state index contributed by atoms with van der Waals surface area (Å²) in [7, 11) is 0. The maximum absolute atomic E-state index is 12.6. The molecule has 0 aromatic heterocycles. The summed E-state index contributed by atoms with van der Waals surface area (Å²) in [6.07, 6.45) is 5.60. The number of phenols is 1. The van der Waals surface area contributed by atoms with Gasteiger partial charge in [0, 0.05) is 37.6 Å². The topological polar surface area (TPSA) is 55.8 Å². The summed E-state index contributed by atoms with van der Waals surface area (Å²) in [6, 6.07) is 13.6. The monoisotopic (exact) mass is 391 g/mol. The number of nitrogens with zero attached hydrogens (tertiary/aromatic N) is 2. The highest BCUT2D eigenvalue weighted by Crippen LogP contribution is 2.26. The molecule has 5 heteroatoms. The number of hydrogen-bond acceptors (Lipinski definition) is 4. The molecule has 2 aliphatic rings. The van der Waals surface area contributed by atoms with E-state index in [-0.39, 0.29) is 11.7 Å². The number of aromatic hydroxyl groups is 1. The minimum atomic E-state index is 0.0310. The van der Waals surface area contributed by atoms with Crippen LogP contribution in [0, 0.1) is 6.92 Å². The number of carbonyl (C=O) groups is 1. The van der Waals surface area contributed by atoms with Crippen molar-refractivity contribution in [2.45, 2.75) is 26.2 Å². The van der Waals surface area contributed by atoms with Gasteiger partial charge in [-0.1, -0.05) is 18.2 Å². The Morgan fingerprint density at radius 2 is 1.83 bits per heavy atom. The molecule has 2 aromatic rings. The molecular weight excluding hydrogens is 362 g/mol. The Kier molecular flexibility index (Phi) is 5.86. The fraction of sp³-hybridized carbons (Fsp3) is 0.375. The van der Waals surface area contributed by atoms with Crippen LogP contribution in [0.2, 0.25) is 0 Å². The highest BCUT2D eigenvalue weighted by Gasteiger charge is 2.17. The smallest absolute Gasteiger partial charge is 0.238 e. The van der Waals surface area contributed by atoms with E-state index in [1.165, 1.54) is 24.1 Å². The lowest BCUT2D eigenvalue weighted by molar-refractivity contribution is -0.117. The minimum Gasteiger partial charge on any atom is -0.508 e. The Bertz CT molecular complexity index is 899. The maximum atomic E-state index is 12.6. The third-order valence-electron chi connectivity index (χ3n) is 5.85. The standard InChI is InChI=1S/C24H29N3O2/c1-18-16-21(27-12-2-3-13-27)6-9-23(18)25-24(29)17-26-14-10-20(11-15-26)19-4-7-22(28)8-5-19/h4-10,16,28H,2-3,11-15,17H2,1H3,(H,25,29). The molecule has 0 aliphatic carbocycles. The van der Waals surface area contributed by atoms with Gasteiger partial charge in [-0.2, -0.15) is 0 Å². The van der Waals surface area contributed by atoms with Crippen LogP contribution in [0.3, 0.4) is 0 Å². The van der Waals surface area contributed by atoms with Crippen molar-refractivity contribution in [3.05, 3.63) is 59.7 Å². The number of amides is 1. The highest BCUT2D eigenvalue weighted by atomic mass is 16.3. The summed E-state index contributed by atoms with van der Waals surface area (Å²) >= 11 is 0. The minimum absolute atomic E-state index is 0.0310. The van der Waals surface area contributed by atoms with Gasteiger partial charge >= 0.3 is 0 Å². The van der Waals surface area contributed by atoms with Crippen LogP contribution in [-0.2, 0) is 4.79 Å². The first-order valence-electron chi connectivity index (χ1n) is 10.4. The van der Waals surface area contributed by atoms with E-state index in [0.29, 0.717) is 6.54 Å². The number of hydrogen-bond donors (Lipinski definition) is 2. The molecule has 1 fully saturated rings. The van der Waals surface area contributed by atoms with Gasteiger partial charge in [0.1, 0.15) is 5.75 Å². The van der Waals surface area contributed by atoms with E-state index >= 15 is 0 Å². The van der Waals surface area contributed by atoms with Gasteiger partial charge in [0.25, 0.3) is 0 Å². The van der Waals surface area contributed by atoms with E-state index in [1.807, 2.05) is 18.2 Å². The van der Waals surface area contributed by atoms with Crippen LogP contribution in [-0.4, -0.2) is 48.6 Å². The van der Waals surface area contributed by atoms with Gasteiger partial charge in [-0.3, -0.25) is 9.69 Å². The van der Waals surface area contributed by atoms with Crippen LogP contribution in [0.25, 0.3) is 5.57 Å². The number of anilines is 2. The quantitative estimate of drug-likeness (QED) is 0.808. The van der Waals surface area contributed by atoms with Crippen molar-refractivity contribution in [1.82, 2.24) is 4.90 Å². The Balaban J connectivity index is 1.31.